The third-order valence-corrected chi connectivity index (χ3v) is 6.82. The van der Waals surface area contributed by atoms with E-state index < -0.39 is 15.5 Å². The Balaban J connectivity index is 1.64. The molecule has 4 aromatic rings. The molecule has 182 valence electrons. The van der Waals surface area contributed by atoms with Crippen molar-refractivity contribution in [1.29, 1.82) is 0 Å². The summed E-state index contributed by atoms with van der Waals surface area (Å²) in [5, 5.41) is 3.09. The van der Waals surface area contributed by atoms with Gasteiger partial charge in [0.15, 0.2) is 0 Å². The van der Waals surface area contributed by atoms with Crippen LogP contribution in [-0.2, 0) is 15.5 Å². The summed E-state index contributed by atoms with van der Waals surface area (Å²) < 4.78 is 30.8. The van der Waals surface area contributed by atoms with E-state index in [0.717, 1.165) is 16.6 Å². The highest BCUT2D eigenvalue weighted by Gasteiger charge is 2.15. The molecule has 0 radical (unpaired) electrons. The molecular weight excluding hydrogens is 463 g/mol. The Morgan fingerprint density at radius 1 is 1.11 bits per heavy atom. The Morgan fingerprint density at radius 2 is 1.89 bits per heavy atom. The van der Waals surface area contributed by atoms with Gasteiger partial charge in [0, 0.05) is 28.4 Å². The van der Waals surface area contributed by atoms with Crippen LogP contribution in [0, 0.1) is 5.82 Å². The van der Waals surface area contributed by atoms with Gasteiger partial charge in [0.25, 0.3) is 0 Å². The van der Waals surface area contributed by atoms with Gasteiger partial charge in [-0.3, -0.25) is 0 Å². The van der Waals surface area contributed by atoms with E-state index in [1.165, 1.54) is 6.07 Å². The molecule has 4 rings (SSSR count). The van der Waals surface area contributed by atoms with Crippen LogP contribution in [0.15, 0.2) is 60.8 Å². The molecular formula is C26H29FN6OS. The van der Waals surface area contributed by atoms with E-state index in [-0.39, 0.29) is 17.4 Å². The van der Waals surface area contributed by atoms with Gasteiger partial charge in [-0.1, -0.05) is 50.2 Å². The number of halogens is 1. The molecule has 7 nitrogen and oxygen atoms in total. The Bertz CT molecular complexity index is 1440. The summed E-state index contributed by atoms with van der Waals surface area (Å²) in [5.41, 5.74) is 10.1. The minimum absolute atomic E-state index is 0.133. The van der Waals surface area contributed by atoms with Crippen molar-refractivity contribution in [1.82, 2.24) is 15.0 Å². The summed E-state index contributed by atoms with van der Waals surface area (Å²) >= 11 is 0. The number of benzene rings is 2. The zero-order valence-corrected chi connectivity index (χ0v) is 20.6. The second kappa shape index (κ2) is 10.4. The molecule has 0 aliphatic heterocycles. The van der Waals surface area contributed by atoms with Gasteiger partial charge in [-0.2, -0.15) is 0 Å². The molecule has 9 heteroatoms. The molecule has 1 unspecified atom stereocenters. The molecule has 0 aliphatic rings. The maximum absolute atomic E-state index is 15.1. The second-order valence-corrected chi connectivity index (χ2v) is 10.7. The fourth-order valence-electron chi connectivity index (χ4n) is 3.74. The predicted molar refractivity (Wildman–Crippen MR) is 143 cm³/mol. The summed E-state index contributed by atoms with van der Waals surface area (Å²) in [5.74, 6) is 4.11. The quantitative estimate of drug-likeness (QED) is 0.296. The Labute approximate surface area is 205 Å². The van der Waals surface area contributed by atoms with Gasteiger partial charge >= 0.3 is 0 Å². The molecule has 0 amide bonds. The van der Waals surface area contributed by atoms with Gasteiger partial charge < -0.3 is 15.8 Å². The first-order valence-corrected chi connectivity index (χ1v) is 13.2. The van der Waals surface area contributed by atoms with Crippen molar-refractivity contribution in [3.63, 3.8) is 0 Å². The van der Waals surface area contributed by atoms with Crippen LogP contribution in [-0.4, -0.2) is 38.1 Å². The van der Waals surface area contributed by atoms with Crippen molar-refractivity contribution < 1.29 is 8.60 Å². The summed E-state index contributed by atoms with van der Waals surface area (Å²) in [7, 11) is -2.78. The highest BCUT2D eigenvalue weighted by molar-refractivity contribution is 8.00. The molecule has 2 aromatic carbocycles. The van der Waals surface area contributed by atoms with E-state index in [2.05, 4.69) is 44.7 Å². The van der Waals surface area contributed by atoms with E-state index in [0.29, 0.717) is 35.8 Å². The molecule has 0 bridgehead atoms. The molecule has 1 atom stereocenters. The summed E-state index contributed by atoms with van der Waals surface area (Å²) in [6.07, 6.45) is 1.66. The van der Waals surface area contributed by atoms with Crippen molar-refractivity contribution in [2.45, 2.75) is 25.5 Å². The SMILES string of the molecule is C=S(=O)(Cc1ccccc1)Nc1ccc(-c2cc(C(C)C)c3nc(NCCN)ncc3n2)cc1F. The number of rotatable bonds is 9. The van der Waals surface area contributed by atoms with Crippen LogP contribution in [0.3, 0.4) is 0 Å². The minimum Gasteiger partial charge on any atom is -0.353 e. The van der Waals surface area contributed by atoms with Crippen LogP contribution in [0.1, 0.15) is 30.9 Å². The van der Waals surface area contributed by atoms with Crippen molar-refractivity contribution >= 4 is 38.2 Å². The number of nitrogens with two attached hydrogens (primary N) is 1. The number of fused-ring (bicyclic) bond motifs is 1. The molecule has 0 spiro atoms. The van der Waals surface area contributed by atoms with Crippen LogP contribution >= 0.6 is 0 Å². The maximum Gasteiger partial charge on any atom is 0.223 e. The summed E-state index contributed by atoms with van der Waals surface area (Å²) in [6, 6.07) is 16.0. The number of hydrogen-bond donors (Lipinski definition) is 3. The van der Waals surface area contributed by atoms with Gasteiger partial charge in [-0.05, 0) is 41.1 Å². The first-order chi connectivity index (χ1) is 16.8. The van der Waals surface area contributed by atoms with Gasteiger partial charge in [-0.25, -0.2) is 23.6 Å². The molecule has 35 heavy (non-hydrogen) atoms. The topological polar surface area (TPSA) is 106 Å². The van der Waals surface area contributed by atoms with E-state index in [9.17, 15) is 4.21 Å². The predicted octanol–water partition coefficient (Wildman–Crippen LogP) is 4.57. The van der Waals surface area contributed by atoms with Crippen LogP contribution in [0.4, 0.5) is 16.0 Å². The lowest BCUT2D eigenvalue weighted by atomic mass is 9.99. The van der Waals surface area contributed by atoms with Crippen LogP contribution in [0.2, 0.25) is 0 Å². The van der Waals surface area contributed by atoms with Crippen molar-refractivity contribution in [2.75, 3.05) is 23.1 Å². The van der Waals surface area contributed by atoms with Crippen LogP contribution < -0.4 is 15.8 Å². The van der Waals surface area contributed by atoms with Crippen LogP contribution in [0.25, 0.3) is 22.3 Å². The van der Waals surface area contributed by atoms with Crippen molar-refractivity contribution in [3.05, 3.63) is 77.7 Å². The first-order valence-electron chi connectivity index (χ1n) is 11.3. The van der Waals surface area contributed by atoms with Gasteiger partial charge in [-0.15, -0.1) is 0 Å². The number of aromatic nitrogens is 3. The highest BCUT2D eigenvalue weighted by Crippen LogP contribution is 2.30. The molecule has 0 fully saturated rings. The highest BCUT2D eigenvalue weighted by atomic mass is 32.2. The Morgan fingerprint density at radius 3 is 2.57 bits per heavy atom. The number of anilines is 2. The van der Waals surface area contributed by atoms with Crippen molar-refractivity contribution in [2.24, 2.45) is 5.73 Å². The molecule has 4 N–H and O–H groups in total. The average molecular weight is 493 g/mol. The lowest BCUT2D eigenvalue weighted by molar-refractivity contribution is 0.632. The number of pyridine rings is 1. The molecule has 0 saturated carbocycles. The third-order valence-electron chi connectivity index (χ3n) is 5.43. The monoisotopic (exact) mass is 492 g/mol. The first kappa shape index (κ1) is 24.6. The number of nitrogens with zero attached hydrogens (tertiary/aromatic N) is 3. The fraction of sp³-hybridized carbons (Fsp3) is 0.231. The normalized spacial score (nSPS) is 13.1. The van der Waals surface area contributed by atoms with E-state index in [1.807, 2.05) is 36.4 Å². The molecule has 0 aliphatic carbocycles. The zero-order chi connectivity index (χ0) is 25.0. The van der Waals surface area contributed by atoms with Gasteiger partial charge in [0.2, 0.25) is 5.95 Å². The fourth-order valence-corrected chi connectivity index (χ4v) is 5.11. The standard InChI is InChI=1S/C26H29FN6OS/c1-17(2)20-14-23(31-24-15-30-26(29-12-11-28)32-25(20)24)19-9-10-22(21(27)13-19)33-35(3,34)16-18-7-5-4-6-8-18/h4-10,13-15,17H,3,11-12,16,28H2,1-2H3,(H,33,34)(H,29,30,32). The van der Waals surface area contributed by atoms with Gasteiger partial charge in [0.1, 0.15) is 11.3 Å². The van der Waals surface area contributed by atoms with Gasteiger partial charge in [0.05, 0.1) is 28.8 Å². The largest absolute Gasteiger partial charge is 0.353 e. The zero-order valence-electron chi connectivity index (χ0n) is 19.8. The lowest BCUT2D eigenvalue weighted by Crippen LogP contribution is -2.15. The minimum atomic E-state index is -2.78. The Hall–Kier alpha value is -3.56. The third kappa shape index (κ3) is 5.93. The summed E-state index contributed by atoms with van der Waals surface area (Å²) in [6.45, 7) is 5.18. The molecule has 0 saturated heterocycles. The van der Waals surface area contributed by atoms with E-state index in [1.54, 1.807) is 18.3 Å². The smallest absolute Gasteiger partial charge is 0.223 e. The van der Waals surface area contributed by atoms with Crippen LogP contribution in [0.5, 0.6) is 0 Å². The maximum atomic E-state index is 15.1. The Kier molecular flexibility index (Phi) is 7.28. The second-order valence-electron chi connectivity index (χ2n) is 8.63. The number of hydrogen-bond acceptors (Lipinski definition) is 6. The average Bonchev–Trinajstić information content (AvgIpc) is 2.83. The number of nitrogens with one attached hydrogen (secondary N) is 2. The van der Waals surface area contributed by atoms with E-state index >= 15 is 4.39 Å². The molecule has 2 aromatic heterocycles. The van der Waals surface area contributed by atoms with Crippen molar-refractivity contribution in [3.8, 4) is 11.3 Å². The lowest BCUT2D eigenvalue weighted by Gasteiger charge is -2.15. The van der Waals surface area contributed by atoms with E-state index in [4.69, 9.17) is 5.73 Å². The summed E-state index contributed by atoms with van der Waals surface area (Å²) in [4.78, 5) is 13.6. The molecule has 2 heterocycles.